The summed E-state index contributed by atoms with van der Waals surface area (Å²) in [5, 5.41) is 0. The Balaban J connectivity index is 1.50. The van der Waals surface area contributed by atoms with Gasteiger partial charge in [-0.1, -0.05) is 37.3 Å². The molecule has 1 spiro atoms. The number of carbonyl (C=O) groups excluding carboxylic acids is 3. The average molecular weight is 501 g/mol. The normalized spacial score (nSPS) is 42.1. The van der Waals surface area contributed by atoms with Crippen molar-refractivity contribution in [2.75, 3.05) is 0 Å². The van der Waals surface area contributed by atoms with Crippen LogP contribution in [0.2, 0.25) is 0 Å². The first-order valence-corrected chi connectivity index (χ1v) is 12.8. The lowest BCUT2D eigenvalue weighted by molar-refractivity contribution is -0.285. The Morgan fingerprint density at radius 2 is 1.61 bits per heavy atom. The minimum absolute atomic E-state index is 0.0290. The van der Waals surface area contributed by atoms with E-state index < -0.39 is 58.9 Å². The number of epoxide rings is 1. The summed E-state index contributed by atoms with van der Waals surface area (Å²) in [5.74, 6) is -1.25. The van der Waals surface area contributed by atoms with Crippen molar-refractivity contribution in [3.05, 3.63) is 35.9 Å². The molecule has 2 aliphatic heterocycles. The molecule has 9 atom stereocenters. The molecule has 5 rings (SSSR count). The van der Waals surface area contributed by atoms with Crippen molar-refractivity contribution < 1.29 is 38.1 Å². The molecule has 2 bridgehead atoms. The first-order valence-electron chi connectivity index (χ1n) is 12.8. The van der Waals surface area contributed by atoms with Crippen LogP contribution in [0.15, 0.2) is 30.3 Å². The molecule has 0 amide bonds. The van der Waals surface area contributed by atoms with E-state index in [-0.39, 0.29) is 17.9 Å². The molecule has 2 saturated heterocycles. The number of fused-ring (bicyclic) bond motifs is 1. The number of hydrogen-bond donors (Lipinski definition) is 0. The van der Waals surface area contributed by atoms with Crippen LogP contribution in [0.4, 0.5) is 0 Å². The lowest BCUT2D eigenvalue weighted by atomic mass is 9.49. The van der Waals surface area contributed by atoms with Gasteiger partial charge >= 0.3 is 17.9 Å². The van der Waals surface area contributed by atoms with E-state index in [9.17, 15) is 14.4 Å². The minimum Gasteiger partial charge on any atom is -0.460 e. The van der Waals surface area contributed by atoms with Gasteiger partial charge in [0.1, 0.15) is 18.3 Å². The van der Waals surface area contributed by atoms with Gasteiger partial charge < -0.3 is 23.7 Å². The molecule has 2 aliphatic carbocycles. The predicted octanol–water partition coefficient (Wildman–Crippen LogP) is 3.91. The molecule has 0 radical (unpaired) electrons. The zero-order valence-electron chi connectivity index (χ0n) is 21.8. The number of rotatable bonds is 5. The Hall–Kier alpha value is -2.45. The highest BCUT2D eigenvalue weighted by molar-refractivity contribution is 5.78. The van der Waals surface area contributed by atoms with Gasteiger partial charge in [-0.3, -0.25) is 9.59 Å². The fourth-order valence-electron chi connectivity index (χ4n) is 7.25. The molecule has 0 N–H and O–H groups in total. The summed E-state index contributed by atoms with van der Waals surface area (Å²) in [6, 6.07) is 9.58. The lowest BCUT2D eigenvalue weighted by Gasteiger charge is -2.61. The Kier molecular flexibility index (Phi) is 5.99. The van der Waals surface area contributed by atoms with E-state index in [4.69, 9.17) is 23.7 Å². The highest BCUT2D eigenvalue weighted by Crippen LogP contribution is 2.67. The van der Waals surface area contributed by atoms with Crippen LogP contribution in [0.5, 0.6) is 0 Å². The topological polar surface area (TPSA) is 101 Å². The van der Waals surface area contributed by atoms with Crippen molar-refractivity contribution in [3.63, 3.8) is 0 Å². The van der Waals surface area contributed by atoms with Crippen molar-refractivity contribution in [1.82, 2.24) is 0 Å². The maximum Gasteiger partial charge on any atom is 0.338 e. The molecule has 4 aliphatic rings. The van der Waals surface area contributed by atoms with Crippen LogP contribution in [0, 0.1) is 17.3 Å². The first kappa shape index (κ1) is 25.2. The minimum atomic E-state index is -0.937. The van der Waals surface area contributed by atoms with E-state index >= 15 is 0 Å². The molecule has 0 aromatic heterocycles. The summed E-state index contributed by atoms with van der Waals surface area (Å²) in [4.78, 5) is 37.6. The first-order chi connectivity index (χ1) is 16.9. The van der Waals surface area contributed by atoms with Gasteiger partial charge in [-0.2, -0.15) is 0 Å². The lowest BCUT2D eigenvalue weighted by Crippen LogP contribution is -2.71. The molecule has 0 unspecified atom stereocenters. The van der Waals surface area contributed by atoms with Crippen LogP contribution in [0.25, 0.3) is 0 Å². The Morgan fingerprint density at radius 3 is 2.25 bits per heavy atom. The molecule has 8 nitrogen and oxygen atoms in total. The number of ether oxygens (including phenoxy) is 5. The van der Waals surface area contributed by atoms with Crippen molar-refractivity contribution in [3.8, 4) is 0 Å². The zero-order valence-corrected chi connectivity index (χ0v) is 21.8. The monoisotopic (exact) mass is 500 g/mol. The van der Waals surface area contributed by atoms with Crippen LogP contribution < -0.4 is 0 Å². The second-order valence-electron chi connectivity index (χ2n) is 11.6. The van der Waals surface area contributed by atoms with Crippen LogP contribution in [0.1, 0.15) is 72.5 Å². The van der Waals surface area contributed by atoms with E-state index in [0.717, 1.165) is 12.0 Å². The molecule has 4 fully saturated rings. The third kappa shape index (κ3) is 3.84. The van der Waals surface area contributed by atoms with Gasteiger partial charge in [0.05, 0.1) is 16.6 Å². The number of carbonyl (C=O) groups is 3. The molecule has 1 aromatic carbocycles. The molecule has 1 aromatic rings. The van der Waals surface area contributed by atoms with E-state index in [1.54, 1.807) is 0 Å². The van der Waals surface area contributed by atoms with Crippen molar-refractivity contribution >= 4 is 17.9 Å². The Labute approximate surface area is 211 Å². The van der Waals surface area contributed by atoms with Crippen LogP contribution in [-0.2, 0) is 38.1 Å². The van der Waals surface area contributed by atoms with Crippen LogP contribution in [-0.4, -0.2) is 53.5 Å². The molecule has 196 valence electrons. The van der Waals surface area contributed by atoms with Gasteiger partial charge in [-0.25, -0.2) is 4.79 Å². The Morgan fingerprint density at radius 1 is 0.944 bits per heavy atom. The van der Waals surface area contributed by atoms with Gasteiger partial charge in [0.2, 0.25) is 0 Å². The molecule has 36 heavy (non-hydrogen) atoms. The van der Waals surface area contributed by atoms with E-state index in [1.165, 1.54) is 13.8 Å². The van der Waals surface area contributed by atoms with E-state index in [1.807, 2.05) is 37.3 Å². The molecule has 8 heteroatoms. The zero-order chi connectivity index (χ0) is 26.0. The van der Waals surface area contributed by atoms with Gasteiger partial charge in [0.25, 0.3) is 0 Å². The van der Waals surface area contributed by atoms with Crippen molar-refractivity contribution in [2.24, 2.45) is 17.3 Å². The molecular weight excluding hydrogens is 464 g/mol. The summed E-state index contributed by atoms with van der Waals surface area (Å²) in [5.41, 5.74) is -1.18. The third-order valence-electron chi connectivity index (χ3n) is 9.09. The highest BCUT2D eigenvalue weighted by Gasteiger charge is 2.75. The van der Waals surface area contributed by atoms with Gasteiger partial charge in [-0.05, 0) is 57.4 Å². The number of esters is 3. The summed E-state index contributed by atoms with van der Waals surface area (Å²) >= 11 is 0. The highest BCUT2D eigenvalue weighted by atomic mass is 16.6. The Bertz CT molecular complexity index is 1050. The quantitative estimate of drug-likeness (QED) is 0.341. The maximum atomic E-state index is 13.4. The SMILES string of the molecule is CC(=O)O[C@H]1C[C@@H](C)[C@@]23C[C@@H](C[C@H](OC(=O)[C@@H]4O[C@H]4c4ccccc4)[C@]2(C)[C@H]1OC(C)=O)C(C)(C)O3. The third-order valence-corrected chi connectivity index (χ3v) is 9.09. The summed E-state index contributed by atoms with van der Waals surface area (Å²) < 4.78 is 30.4. The fourth-order valence-corrected chi connectivity index (χ4v) is 7.25. The standard InChI is InChI=1S/C28H36O8/c1-15-12-20(32-16(2)29)24(33-17(3)30)27(6)21(13-19-14-28(15,27)36-26(19,4)5)34-25(31)23-22(35-23)18-10-8-7-9-11-18/h7-11,15,19-24H,12-14H2,1-6H3/t15-,19-,20+,21+,22+,23-,24+,27-,28+/m1/s1. The summed E-state index contributed by atoms with van der Waals surface area (Å²) in [7, 11) is 0. The van der Waals surface area contributed by atoms with Crippen LogP contribution in [0.3, 0.4) is 0 Å². The second kappa shape index (κ2) is 8.55. The van der Waals surface area contributed by atoms with Gasteiger partial charge in [0.15, 0.2) is 12.2 Å². The van der Waals surface area contributed by atoms with Crippen LogP contribution >= 0.6 is 0 Å². The van der Waals surface area contributed by atoms with Gasteiger partial charge in [0, 0.05) is 13.8 Å². The van der Waals surface area contributed by atoms with E-state index in [0.29, 0.717) is 12.8 Å². The average Bonchev–Trinajstić information content (AvgIpc) is 3.55. The van der Waals surface area contributed by atoms with E-state index in [2.05, 4.69) is 20.8 Å². The summed E-state index contributed by atoms with van der Waals surface area (Å²) in [6.07, 6.45) is -1.34. The summed E-state index contributed by atoms with van der Waals surface area (Å²) in [6.45, 7) is 10.9. The number of benzene rings is 1. The molecule has 2 heterocycles. The number of hydrogen-bond acceptors (Lipinski definition) is 8. The second-order valence-corrected chi connectivity index (χ2v) is 11.6. The largest absolute Gasteiger partial charge is 0.460 e. The predicted molar refractivity (Wildman–Crippen MR) is 128 cm³/mol. The van der Waals surface area contributed by atoms with Crippen molar-refractivity contribution in [1.29, 1.82) is 0 Å². The molecular formula is C28H36O8. The fraction of sp³-hybridized carbons (Fsp3) is 0.679. The van der Waals surface area contributed by atoms with Crippen molar-refractivity contribution in [2.45, 2.75) is 103 Å². The maximum absolute atomic E-state index is 13.4. The van der Waals surface area contributed by atoms with Gasteiger partial charge in [-0.15, -0.1) is 0 Å². The molecule has 2 saturated carbocycles. The smallest absolute Gasteiger partial charge is 0.338 e.